The highest BCUT2D eigenvalue weighted by Crippen LogP contribution is 2.24. The van der Waals surface area contributed by atoms with E-state index in [9.17, 15) is 4.79 Å². The molecule has 1 N–H and O–H groups in total. The first-order chi connectivity index (χ1) is 13.0. The fraction of sp³-hybridized carbons (Fsp3) is 0.435. The van der Waals surface area contributed by atoms with E-state index in [1.165, 1.54) is 18.5 Å². The van der Waals surface area contributed by atoms with Gasteiger partial charge in [-0.05, 0) is 61.1 Å². The Morgan fingerprint density at radius 1 is 1.11 bits per heavy atom. The lowest BCUT2D eigenvalue weighted by Crippen LogP contribution is -2.32. The molecule has 0 saturated carbocycles. The van der Waals surface area contributed by atoms with Gasteiger partial charge in [0.25, 0.3) is 0 Å². The number of benzene rings is 2. The number of carbonyl (C=O) groups excluding carboxylic acids is 1. The number of nitrogens with zero attached hydrogens (tertiary/aromatic N) is 1. The second-order valence-electron chi connectivity index (χ2n) is 7.58. The van der Waals surface area contributed by atoms with Gasteiger partial charge in [-0.25, -0.2) is 0 Å². The number of carbonyl (C=O) groups is 1. The van der Waals surface area contributed by atoms with E-state index in [1.807, 2.05) is 31.2 Å². The first-order valence-corrected chi connectivity index (χ1v) is 9.82. The van der Waals surface area contributed by atoms with E-state index in [0.29, 0.717) is 6.42 Å². The SMILES string of the molecule is COc1ccc(CC(=O)NC(C)c2ccc(N3CCC(C)CC3)cc2)cc1. The van der Waals surface area contributed by atoms with Crippen molar-refractivity contribution < 1.29 is 9.53 Å². The molecule has 2 aromatic rings. The fourth-order valence-corrected chi connectivity index (χ4v) is 3.55. The third-order valence-corrected chi connectivity index (χ3v) is 5.44. The van der Waals surface area contributed by atoms with Crippen LogP contribution in [0.5, 0.6) is 5.75 Å². The zero-order valence-corrected chi connectivity index (χ0v) is 16.6. The number of methoxy groups -OCH3 is 1. The molecule has 4 heteroatoms. The van der Waals surface area contributed by atoms with Gasteiger partial charge in [0.1, 0.15) is 5.75 Å². The van der Waals surface area contributed by atoms with Crippen molar-refractivity contribution in [3.63, 3.8) is 0 Å². The first-order valence-electron chi connectivity index (χ1n) is 9.82. The van der Waals surface area contributed by atoms with Gasteiger partial charge in [0.05, 0.1) is 19.6 Å². The molecule has 1 fully saturated rings. The van der Waals surface area contributed by atoms with E-state index in [2.05, 4.69) is 41.4 Å². The molecule has 27 heavy (non-hydrogen) atoms. The lowest BCUT2D eigenvalue weighted by molar-refractivity contribution is -0.121. The van der Waals surface area contributed by atoms with Gasteiger partial charge in [-0.15, -0.1) is 0 Å². The summed E-state index contributed by atoms with van der Waals surface area (Å²) < 4.78 is 5.15. The Kier molecular flexibility index (Phi) is 6.38. The minimum absolute atomic E-state index is 0.00817. The van der Waals surface area contributed by atoms with Crippen molar-refractivity contribution in [3.05, 3.63) is 59.7 Å². The van der Waals surface area contributed by atoms with Crippen LogP contribution in [-0.2, 0) is 11.2 Å². The van der Waals surface area contributed by atoms with Crippen LogP contribution in [0.2, 0.25) is 0 Å². The molecule has 1 saturated heterocycles. The molecule has 144 valence electrons. The number of piperidine rings is 1. The normalized spacial score (nSPS) is 16.0. The van der Waals surface area contributed by atoms with Gasteiger partial charge in [-0.3, -0.25) is 4.79 Å². The van der Waals surface area contributed by atoms with E-state index in [-0.39, 0.29) is 11.9 Å². The van der Waals surface area contributed by atoms with Gasteiger partial charge < -0.3 is 15.0 Å². The lowest BCUT2D eigenvalue weighted by atomic mass is 9.98. The Balaban J connectivity index is 1.53. The summed E-state index contributed by atoms with van der Waals surface area (Å²) in [4.78, 5) is 14.8. The predicted octanol–water partition coefficient (Wildman–Crippen LogP) is 4.35. The van der Waals surface area contributed by atoms with Crippen LogP contribution < -0.4 is 15.0 Å². The summed E-state index contributed by atoms with van der Waals surface area (Å²) in [5.74, 6) is 1.67. The van der Waals surface area contributed by atoms with Gasteiger partial charge in [0.2, 0.25) is 5.91 Å². The summed E-state index contributed by atoms with van der Waals surface area (Å²) in [6, 6.07) is 16.2. The van der Waals surface area contributed by atoms with Gasteiger partial charge >= 0.3 is 0 Å². The number of anilines is 1. The van der Waals surface area contributed by atoms with Crippen LogP contribution in [0.25, 0.3) is 0 Å². The fourth-order valence-electron chi connectivity index (χ4n) is 3.55. The van der Waals surface area contributed by atoms with Crippen LogP contribution in [0.4, 0.5) is 5.69 Å². The molecule has 1 unspecified atom stereocenters. The molecular formula is C23H30N2O2. The molecule has 0 aliphatic carbocycles. The minimum Gasteiger partial charge on any atom is -0.497 e. The number of rotatable bonds is 6. The second-order valence-corrected chi connectivity index (χ2v) is 7.58. The van der Waals surface area contributed by atoms with Crippen molar-refractivity contribution in [3.8, 4) is 5.75 Å². The Morgan fingerprint density at radius 2 is 1.74 bits per heavy atom. The number of amides is 1. The summed E-state index contributed by atoms with van der Waals surface area (Å²) in [6.45, 7) is 6.63. The molecule has 0 spiro atoms. The topological polar surface area (TPSA) is 41.6 Å². The van der Waals surface area contributed by atoms with Crippen molar-refractivity contribution in [2.45, 2.75) is 39.2 Å². The lowest BCUT2D eigenvalue weighted by Gasteiger charge is -2.32. The average Bonchev–Trinajstić information content (AvgIpc) is 2.69. The third-order valence-electron chi connectivity index (χ3n) is 5.44. The highest BCUT2D eigenvalue weighted by molar-refractivity contribution is 5.79. The minimum atomic E-state index is -0.00817. The molecule has 0 aromatic heterocycles. The summed E-state index contributed by atoms with van der Waals surface area (Å²) in [5.41, 5.74) is 3.39. The maximum absolute atomic E-state index is 12.3. The molecule has 2 aromatic carbocycles. The van der Waals surface area contributed by atoms with Gasteiger partial charge in [-0.1, -0.05) is 31.2 Å². The maximum Gasteiger partial charge on any atom is 0.224 e. The van der Waals surface area contributed by atoms with Crippen LogP contribution in [0.1, 0.15) is 43.9 Å². The van der Waals surface area contributed by atoms with E-state index < -0.39 is 0 Å². The number of nitrogens with one attached hydrogen (secondary N) is 1. The maximum atomic E-state index is 12.3. The van der Waals surface area contributed by atoms with Crippen molar-refractivity contribution in [1.29, 1.82) is 0 Å². The Morgan fingerprint density at radius 3 is 2.33 bits per heavy atom. The molecule has 1 aliphatic rings. The van der Waals surface area contributed by atoms with E-state index in [4.69, 9.17) is 4.74 Å². The highest BCUT2D eigenvalue weighted by Gasteiger charge is 2.16. The van der Waals surface area contributed by atoms with Crippen LogP contribution in [0.3, 0.4) is 0 Å². The number of hydrogen-bond donors (Lipinski definition) is 1. The van der Waals surface area contributed by atoms with Crippen LogP contribution in [-0.4, -0.2) is 26.1 Å². The van der Waals surface area contributed by atoms with Crippen molar-refractivity contribution in [2.75, 3.05) is 25.1 Å². The molecule has 3 rings (SSSR count). The van der Waals surface area contributed by atoms with Gasteiger partial charge in [-0.2, -0.15) is 0 Å². The Bertz CT molecular complexity index is 732. The average molecular weight is 367 g/mol. The van der Waals surface area contributed by atoms with E-state index in [1.54, 1.807) is 7.11 Å². The van der Waals surface area contributed by atoms with E-state index >= 15 is 0 Å². The molecule has 1 amide bonds. The number of ether oxygens (including phenoxy) is 1. The van der Waals surface area contributed by atoms with Crippen molar-refractivity contribution in [1.82, 2.24) is 5.32 Å². The van der Waals surface area contributed by atoms with Gasteiger partial charge in [0, 0.05) is 18.8 Å². The largest absolute Gasteiger partial charge is 0.497 e. The zero-order valence-electron chi connectivity index (χ0n) is 16.6. The van der Waals surface area contributed by atoms with Crippen molar-refractivity contribution >= 4 is 11.6 Å². The molecule has 4 nitrogen and oxygen atoms in total. The van der Waals surface area contributed by atoms with Crippen LogP contribution in [0, 0.1) is 5.92 Å². The monoisotopic (exact) mass is 366 g/mol. The quantitative estimate of drug-likeness (QED) is 0.826. The molecular weight excluding hydrogens is 336 g/mol. The zero-order chi connectivity index (χ0) is 19.2. The standard InChI is InChI=1S/C23H30N2O2/c1-17-12-14-25(15-13-17)21-8-6-20(7-9-21)18(2)24-23(26)16-19-4-10-22(27-3)11-5-19/h4-11,17-18H,12-16H2,1-3H3,(H,24,26). The third kappa shape index (κ3) is 5.25. The molecule has 0 bridgehead atoms. The predicted molar refractivity (Wildman–Crippen MR) is 110 cm³/mol. The first kappa shape index (κ1) is 19.3. The molecule has 0 radical (unpaired) electrons. The molecule has 1 heterocycles. The Hall–Kier alpha value is -2.49. The number of hydrogen-bond acceptors (Lipinski definition) is 3. The highest BCUT2D eigenvalue weighted by atomic mass is 16.5. The van der Waals surface area contributed by atoms with E-state index in [0.717, 1.165) is 35.9 Å². The summed E-state index contributed by atoms with van der Waals surface area (Å²) >= 11 is 0. The van der Waals surface area contributed by atoms with Crippen LogP contribution >= 0.6 is 0 Å². The smallest absolute Gasteiger partial charge is 0.224 e. The van der Waals surface area contributed by atoms with Crippen molar-refractivity contribution in [2.24, 2.45) is 5.92 Å². The molecule has 1 aliphatic heterocycles. The van der Waals surface area contributed by atoms with Gasteiger partial charge in [0.15, 0.2) is 0 Å². The molecule has 1 atom stereocenters. The second kappa shape index (κ2) is 8.94. The van der Waals surface area contributed by atoms with Crippen LogP contribution in [0.15, 0.2) is 48.5 Å². The summed E-state index contributed by atoms with van der Waals surface area (Å²) in [5, 5.41) is 3.09. The summed E-state index contributed by atoms with van der Waals surface area (Å²) in [7, 11) is 1.64. The Labute approximate surface area is 162 Å². The summed E-state index contributed by atoms with van der Waals surface area (Å²) in [6.07, 6.45) is 2.90.